The van der Waals surface area contributed by atoms with Crippen molar-refractivity contribution < 1.29 is 49.6 Å². The molecule has 104 heavy (non-hydrogen) atoms. The fraction of sp³-hybridized carbons (Fsp3) is 0.261. The van der Waals surface area contributed by atoms with Gasteiger partial charge in [-0.1, -0.05) is 48.1 Å². The minimum absolute atomic E-state index is 0.00751. The van der Waals surface area contributed by atoms with Crippen LogP contribution in [0.5, 0.6) is 11.5 Å². The summed E-state index contributed by atoms with van der Waals surface area (Å²) in [4.78, 5) is 91.9. The highest BCUT2D eigenvalue weighted by Gasteiger charge is 2.27. The predicted octanol–water partition coefficient (Wildman–Crippen LogP) is 8.41. The van der Waals surface area contributed by atoms with E-state index in [0.717, 1.165) is 109 Å². The lowest BCUT2D eigenvalue weighted by Crippen LogP contribution is -2.47. The van der Waals surface area contributed by atoms with E-state index in [1.165, 1.54) is 33.8 Å². The summed E-state index contributed by atoms with van der Waals surface area (Å²) < 4.78 is 9.32. The number of carbonyl (C=O) groups is 3. The average molecular weight is 1510 g/mol. The molecule has 0 bridgehead atoms. The number of pyridine rings is 3. The van der Waals surface area contributed by atoms with Crippen molar-refractivity contribution in [1.29, 1.82) is 0 Å². The Kier molecular flexibility index (Phi) is 24.9. The van der Waals surface area contributed by atoms with E-state index in [1.54, 1.807) is 67.3 Å². The third-order valence-electron chi connectivity index (χ3n) is 16.4. The number of alkyl halides is 2. The second kappa shape index (κ2) is 34.7. The second-order valence-electron chi connectivity index (χ2n) is 23.4. The molecule has 11 heterocycles. The number of ether oxygens (including phenoxy) is 1. The number of carboxylic acids is 2. The van der Waals surface area contributed by atoms with Gasteiger partial charge in [0.2, 0.25) is 16.5 Å². The molecule has 7 N–H and O–H groups in total. The molecule has 29 nitrogen and oxygen atoms in total. The Morgan fingerprint density at radius 1 is 0.529 bits per heavy atom. The number of halogens is 5. The number of aliphatic carboxylic acids is 2. The SMILES string of the molecule is CC(Cl)Cl.CCOC(=O)Cn1cnc2c(Cl)nc(Cl)nc21.O=C(O)Cn1cnc2c(-c3ccnc4c3C=CC4)nc(Cl)nc21.O=C(O)Cn1cnc2c(-c3ccnc4c3C=CC4)nc(N3CCN(c4ccc(O)cc4)CC3)nc21.OB(O)c1ccnc2c1C=CC2.Oc1ccc(N2CCNCC2)cc1. The number of esters is 1. The predicted molar refractivity (Wildman–Crippen MR) is 399 cm³/mol. The average Bonchev–Trinajstić information content (AvgIpc) is 1.56. The van der Waals surface area contributed by atoms with E-state index in [1.807, 2.05) is 60.7 Å². The lowest BCUT2D eigenvalue weighted by molar-refractivity contribution is -0.144. The number of rotatable bonds is 13. The third kappa shape index (κ3) is 18.5. The molecule has 0 amide bonds. The van der Waals surface area contributed by atoms with Crippen LogP contribution in [0, 0.1) is 0 Å². The monoisotopic (exact) mass is 1510 g/mol. The van der Waals surface area contributed by atoms with E-state index in [2.05, 4.69) is 82.0 Å². The van der Waals surface area contributed by atoms with E-state index < -0.39 is 19.1 Å². The summed E-state index contributed by atoms with van der Waals surface area (Å²) in [7, 11) is -1.40. The van der Waals surface area contributed by atoms with Crippen molar-refractivity contribution in [3.8, 4) is 34.0 Å². The van der Waals surface area contributed by atoms with E-state index >= 15 is 0 Å². The third-order valence-corrected chi connectivity index (χ3v) is 17.0. The van der Waals surface area contributed by atoms with Gasteiger partial charge in [-0.05, 0) is 115 Å². The van der Waals surface area contributed by atoms with Gasteiger partial charge in [-0.3, -0.25) is 29.3 Å². The summed E-state index contributed by atoms with van der Waals surface area (Å²) in [6.07, 6.45) is 23.8. The number of phenols is 2. The first-order chi connectivity index (χ1) is 50.2. The molecule has 0 saturated carbocycles. The summed E-state index contributed by atoms with van der Waals surface area (Å²) >= 11 is 27.7. The molecule has 2 fully saturated rings. The van der Waals surface area contributed by atoms with E-state index in [4.69, 9.17) is 93.0 Å². The Hall–Kier alpha value is -10.4. The van der Waals surface area contributed by atoms with Crippen LogP contribution in [-0.4, -0.2) is 193 Å². The fourth-order valence-corrected chi connectivity index (χ4v) is 12.4. The largest absolute Gasteiger partial charge is 0.508 e. The van der Waals surface area contributed by atoms with Crippen LogP contribution in [0.25, 0.3) is 74.2 Å². The maximum absolute atomic E-state index is 11.5. The molecule has 35 heteroatoms. The standard InChI is InChI=1S/C25H23N7O3.C15H10ClN5O2.C10H14N2O.C9H8Cl2N4O2.C8H8BNO2.C2H4Cl2/c33-17-6-4-16(5-7-17)30-10-12-31(13-11-30)25-28-22(19-8-9-26-20-3-1-2-18(19)20)23-24(29-25)32(15-27-23)14-21(34)35;16-15-19-12(9-4-5-17-10-3-1-2-8(9)10)13-14(20-15)21(7-18-13)6-11(22)23;13-10-3-1-9(2-4-10)12-7-5-11-6-8-12;1-2-17-5(16)3-15-4-12-6-7(10)13-9(11)14-8(6)15;11-9(12)7-4-5-10-8-3-1-2-6(7)8;1-2(3)4/h1-2,4-9,15,33H,3,10-14H2,(H,34,35);1-2,4-5,7H,3,6H2,(H,22,23);1-4,11,13H,5-8H2;4H,2-3H2,1H3;1-2,4-5,11-12H,3H2;2H,1H3. The van der Waals surface area contributed by atoms with Crippen LogP contribution in [0.2, 0.25) is 15.7 Å². The molecular formula is C69H67BCl5N19O10. The molecule has 16 rings (SSSR count). The van der Waals surface area contributed by atoms with E-state index in [-0.39, 0.29) is 51.9 Å². The molecule has 3 aliphatic carbocycles. The van der Waals surface area contributed by atoms with Gasteiger partial charge in [-0.2, -0.15) is 15.0 Å². The van der Waals surface area contributed by atoms with Gasteiger partial charge in [-0.25, -0.2) is 29.9 Å². The maximum Gasteiger partial charge on any atom is 0.489 e. The molecule has 536 valence electrons. The summed E-state index contributed by atoms with van der Waals surface area (Å²) in [5, 5.41) is 58.6. The molecule has 2 aromatic carbocycles. The number of piperazine rings is 2. The van der Waals surface area contributed by atoms with Crippen LogP contribution in [0.15, 0.2) is 123 Å². The van der Waals surface area contributed by atoms with Crippen LogP contribution in [0.1, 0.15) is 47.6 Å². The maximum atomic E-state index is 11.5. The molecular weight excluding hydrogens is 1440 g/mol. The molecule has 0 radical (unpaired) electrons. The van der Waals surface area contributed by atoms with Crippen molar-refractivity contribution >= 4 is 158 Å². The van der Waals surface area contributed by atoms with Gasteiger partial charge in [0.15, 0.2) is 22.1 Å². The van der Waals surface area contributed by atoms with Crippen LogP contribution in [0.3, 0.4) is 0 Å². The first kappa shape index (κ1) is 74.7. The van der Waals surface area contributed by atoms with Gasteiger partial charge >= 0.3 is 25.0 Å². The highest BCUT2D eigenvalue weighted by molar-refractivity contribution is 6.59. The number of nitrogens with zero attached hydrogens (tertiary/aromatic N) is 18. The number of phenolic OH excluding ortho intramolecular Hbond substituents is 2. The number of aromatic nitrogens is 15. The Balaban J connectivity index is 0.000000136. The van der Waals surface area contributed by atoms with Crippen molar-refractivity contribution in [2.24, 2.45) is 0 Å². The van der Waals surface area contributed by atoms with Crippen LogP contribution < -0.4 is 25.5 Å². The zero-order valence-electron chi connectivity index (χ0n) is 55.8. The lowest BCUT2D eigenvalue weighted by atomic mass is 9.77. The highest BCUT2D eigenvalue weighted by atomic mass is 35.5. The Labute approximate surface area is 619 Å². The van der Waals surface area contributed by atoms with Gasteiger partial charge in [-0.15, -0.1) is 23.2 Å². The van der Waals surface area contributed by atoms with Crippen molar-refractivity contribution in [2.45, 2.75) is 57.6 Å². The van der Waals surface area contributed by atoms with Crippen LogP contribution in [0.4, 0.5) is 17.3 Å². The minimum Gasteiger partial charge on any atom is -0.508 e. The number of hydrogen-bond acceptors (Lipinski definition) is 24. The minimum atomic E-state index is -1.40. The zero-order chi connectivity index (χ0) is 73.6. The summed E-state index contributed by atoms with van der Waals surface area (Å²) in [5.41, 5.74) is 14.3. The van der Waals surface area contributed by atoms with E-state index in [0.29, 0.717) is 81.7 Å². The zero-order valence-corrected chi connectivity index (χ0v) is 59.6. The van der Waals surface area contributed by atoms with Crippen molar-refractivity contribution in [2.75, 3.05) is 73.7 Å². The number of nitrogens with one attached hydrogen (secondary N) is 1. The summed E-state index contributed by atoms with van der Waals surface area (Å²) in [6.45, 7) is 10.4. The second-order valence-corrected chi connectivity index (χ2v) is 25.9. The molecule has 9 aromatic heterocycles. The van der Waals surface area contributed by atoms with Gasteiger partial charge in [0.25, 0.3) is 0 Å². The number of allylic oxidation sites excluding steroid dienone is 3. The topological polar surface area (TPSA) is 373 Å². The number of fused-ring (bicyclic) bond motifs is 6. The van der Waals surface area contributed by atoms with Crippen LogP contribution >= 0.6 is 58.0 Å². The van der Waals surface area contributed by atoms with E-state index in [9.17, 15) is 24.6 Å². The van der Waals surface area contributed by atoms with Gasteiger partial charge in [0, 0.05) is 124 Å². The summed E-state index contributed by atoms with van der Waals surface area (Å²) in [5.74, 6) is -1.18. The van der Waals surface area contributed by atoms with Gasteiger partial charge in [0.05, 0.1) is 42.7 Å². The van der Waals surface area contributed by atoms with Crippen molar-refractivity contribution in [1.82, 2.24) is 78.8 Å². The van der Waals surface area contributed by atoms with Crippen LogP contribution in [-0.2, 0) is 58.0 Å². The molecule has 0 spiro atoms. The lowest BCUT2D eigenvalue weighted by Gasteiger charge is -2.36. The Morgan fingerprint density at radius 3 is 1.45 bits per heavy atom. The quantitative estimate of drug-likeness (QED) is 0.0187. The number of carboxylic acid groups (broad SMARTS) is 2. The molecule has 2 aliphatic heterocycles. The molecule has 0 atom stereocenters. The molecule has 11 aromatic rings. The Bertz CT molecular complexity index is 4990. The molecule has 2 saturated heterocycles. The number of anilines is 3. The van der Waals surface area contributed by atoms with Gasteiger partial charge in [0.1, 0.15) is 63.9 Å². The number of imidazole rings is 3. The highest BCUT2D eigenvalue weighted by Crippen LogP contribution is 2.36. The normalized spacial score (nSPS) is 13.7. The first-order valence-electron chi connectivity index (χ1n) is 32.6. The summed E-state index contributed by atoms with van der Waals surface area (Å²) in [6, 6.07) is 20.0. The molecule has 5 aliphatic rings. The molecule has 0 unspecified atom stereocenters. The Morgan fingerprint density at radius 2 is 0.952 bits per heavy atom. The number of carbonyl (C=O) groups excluding carboxylic acids is 1. The number of aromatic hydroxyl groups is 2. The fourth-order valence-electron chi connectivity index (χ4n) is 11.8. The number of hydrogen-bond donors (Lipinski definition) is 7. The van der Waals surface area contributed by atoms with Gasteiger partial charge < -0.3 is 68.9 Å². The first-order valence-corrected chi connectivity index (χ1v) is 34.6. The van der Waals surface area contributed by atoms with Crippen molar-refractivity contribution in [3.63, 3.8) is 0 Å². The van der Waals surface area contributed by atoms with Crippen molar-refractivity contribution in [3.05, 3.63) is 172 Å². The smallest absolute Gasteiger partial charge is 0.489 e. The number of benzene rings is 2.